The molecule has 1 N–H and O–H groups in total. The molecule has 1 aliphatic rings. The van der Waals surface area contributed by atoms with Crippen molar-refractivity contribution in [2.45, 2.75) is 31.5 Å². The zero-order valence-corrected chi connectivity index (χ0v) is 15.2. The predicted molar refractivity (Wildman–Crippen MR) is 99.3 cm³/mol. The molecule has 146 valence electrons. The van der Waals surface area contributed by atoms with E-state index in [0.29, 0.717) is 30.3 Å². The molecule has 1 unspecified atom stereocenters. The van der Waals surface area contributed by atoms with E-state index in [0.717, 1.165) is 24.0 Å². The summed E-state index contributed by atoms with van der Waals surface area (Å²) in [4.78, 5) is 17.8. The number of rotatable bonds is 4. The number of halogens is 3. The van der Waals surface area contributed by atoms with Gasteiger partial charge in [0.25, 0.3) is 0 Å². The van der Waals surface area contributed by atoms with Crippen molar-refractivity contribution in [2.75, 3.05) is 13.1 Å². The van der Waals surface area contributed by atoms with Crippen molar-refractivity contribution in [1.82, 2.24) is 24.8 Å². The molecule has 2 aromatic heterocycles. The highest BCUT2D eigenvalue weighted by atomic mass is 19.4. The summed E-state index contributed by atoms with van der Waals surface area (Å²) in [6.07, 6.45) is 3.13. The van der Waals surface area contributed by atoms with Gasteiger partial charge in [0.2, 0.25) is 0 Å². The molecular weight excluding hydrogens is 367 g/mol. The second-order valence-electron chi connectivity index (χ2n) is 6.94. The van der Waals surface area contributed by atoms with Crippen LogP contribution in [0.3, 0.4) is 0 Å². The van der Waals surface area contributed by atoms with Crippen LogP contribution in [-0.2, 0) is 0 Å². The molecule has 3 aromatic rings. The molecule has 3 heterocycles. The van der Waals surface area contributed by atoms with E-state index in [1.807, 2.05) is 30.3 Å². The van der Waals surface area contributed by atoms with E-state index in [1.165, 1.54) is 4.90 Å². The summed E-state index contributed by atoms with van der Waals surface area (Å²) < 4.78 is 38.7. The summed E-state index contributed by atoms with van der Waals surface area (Å²) in [7, 11) is 0. The summed E-state index contributed by atoms with van der Waals surface area (Å²) in [6.45, 7) is -0.488. The molecular formula is C20H20F3N5. The first-order chi connectivity index (χ1) is 13.5. The third-order valence-electron chi connectivity index (χ3n) is 4.90. The van der Waals surface area contributed by atoms with Gasteiger partial charge in [-0.05, 0) is 19.4 Å². The van der Waals surface area contributed by atoms with E-state index in [9.17, 15) is 13.2 Å². The molecule has 1 aromatic carbocycles. The zero-order chi connectivity index (χ0) is 19.6. The molecule has 1 fully saturated rings. The fraction of sp³-hybridized carbons (Fsp3) is 0.350. The van der Waals surface area contributed by atoms with E-state index in [4.69, 9.17) is 0 Å². The highest BCUT2D eigenvalue weighted by Crippen LogP contribution is 2.33. The van der Waals surface area contributed by atoms with Crippen LogP contribution < -0.4 is 0 Å². The quantitative estimate of drug-likeness (QED) is 0.710. The number of nitrogens with zero attached hydrogens (tertiary/aromatic N) is 4. The van der Waals surface area contributed by atoms with Crippen LogP contribution in [0.5, 0.6) is 0 Å². The average Bonchev–Trinajstić information content (AvgIpc) is 3.18. The number of H-pyrrole nitrogens is 1. The Morgan fingerprint density at radius 2 is 1.71 bits per heavy atom. The number of aromatic nitrogens is 4. The minimum absolute atomic E-state index is 0.353. The molecule has 4 rings (SSSR count). The Morgan fingerprint density at radius 3 is 2.43 bits per heavy atom. The fourth-order valence-corrected chi connectivity index (χ4v) is 3.58. The molecule has 0 spiro atoms. The number of hydrogen-bond donors (Lipinski definition) is 1. The van der Waals surface area contributed by atoms with Crippen LogP contribution in [0.1, 0.15) is 31.1 Å². The minimum atomic E-state index is -4.22. The van der Waals surface area contributed by atoms with Gasteiger partial charge < -0.3 is 4.98 Å². The Bertz CT molecular complexity index is 906. The SMILES string of the molecule is FC(F)(F)CN1CCCCC1c1ncc(-c2cnc(-c3ccccc3)nc2)[nH]1. The zero-order valence-electron chi connectivity index (χ0n) is 15.2. The van der Waals surface area contributed by atoms with E-state index in [2.05, 4.69) is 19.9 Å². The Balaban J connectivity index is 1.53. The summed E-state index contributed by atoms with van der Waals surface area (Å²) in [6, 6.07) is 9.28. The Labute approximate surface area is 160 Å². The number of alkyl halides is 3. The standard InChI is InChI=1S/C20H20F3N5/c21-20(22,23)13-28-9-5-4-8-17(28)19-26-12-16(27-19)15-10-24-18(25-11-15)14-6-2-1-3-7-14/h1-3,6-7,10-12,17H,4-5,8-9,13H2,(H,26,27). The number of piperidine rings is 1. The number of benzene rings is 1. The van der Waals surface area contributed by atoms with Gasteiger partial charge in [0.05, 0.1) is 24.5 Å². The largest absolute Gasteiger partial charge is 0.401 e. The van der Waals surface area contributed by atoms with Gasteiger partial charge in [0, 0.05) is 23.5 Å². The average molecular weight is 387 g/mol. The van der Waals surface area contributed by atoms with Crippen molar-refractivity contribution in [3.05, 3.63) is 54.7 Å². The van der Waals surface area contributed by atoms with E-state index in [1.54, 1.807) is 18.6 Å². The van der Waals surface area contributed by atoms with Crippen LogP contribution in [-0.4, -0.2) is 44.1 Å². The maximum Gasteiger partial charge on any atom is 0.401 e. The highest BCUT2D eigenvalue weighted by Gasteiger charge is 2.36. The Hall–Kier alpha value is -2.74. The van der Waals surface area contributed by atoms with Crippen molar-refractivity contribution in [3.8, 4) is 22.6 Å². The molecule has 0 amide bonds. The molecule has 8 heteroatoms. The first-order valence-electron chi connectivity index (χ1n) is 9.23. The van der Waals surface area contributed by atoms with Crippen molar-refractivity contribution in [2.24, 2.45) is 0 Å². The van der Waals surface area contributed by atoms with Crippen LogP contribution >= 0.6 is 0 Å². The van der Waals surface area contributed by atoms with Gasteiger partial charge in [-0.25, -0.2) is 15.0 Å². The lowest BCUT2D eigenvalue weighted by molar-refractivity contribution is -0.154. The second kappa shape index (κ2) is 7.71. The predicted octanol–water partition coefficient (Wildman–Crippen LogP) is 4.62. The van der Waals surface area contributed by atoms with Gasteiger partial charge in [-0.2, -0.15) is 13.2 Å². The molecule has 1 aliphatic heterocycles. The van der Waals surface area contributed by atoms with Gasteiger partial charge in [-0.3, -0.25) is 4.90 Å². The van der Waals surface area contributed by atoms with Gasteiger partial charge in [0.1, 0.15) is 5.82 Å². The third kappa shape index (κ3) is 4.22. The molecule has 28 heavy (non-hydrogen) atoms. The van der Waals surface area contributed by atoms with Crippen molar-refractivity contribution < 1.29 is 13.2 Å². The van der Waals surface area contributed by atoms with Gasteiger partial charge in [-0.1, -0.05) is 36.8 Å². The second-order valence-corrected chi connectivity index (χ2v) is 6.94. The topological polar surface area (TPSA) is 57.7 Å². The lowest BCUT2D eigenvalue weighted by Crippen LogP contribution is -2.40. The van der Waals surface area contributed by atoms with Crippen LogP contribution in [0, 0.1) is 0 Å². The number of nitrogens with one attached hydrogen (secondary N) is 1. The lowest BCUT2D eigenvalue weighted by Gasteiger charge is -2.34. The lowest BCUT2D eigenvalue weighted by atomic mass is 10.0. The smallest absolute Gasteiger partial charge is 0.341 e. The maximum absolute atomic E-state index is 12.9. The molecule has 0 bridgehead atoms. The summed E-state index contributed by atoms with van der Waals surface area (Å²) in [5.41, 5.74) is 2.37. The number of hydrogen-bond acceptors (Lipinski definition) is 4. The first-order valence-corrected chi connectivity index (χ1v) is 9.23. The van der Waals surface area contributed by atoms with Crippen LogP contribution in [0.2, 0.25) is 0 Å². The van der Waals surface area contributed by atoms with Crippen molar-refractivity contribution in [1.29, 1.82) is 0 Å². The van der Waals surface area contributed by atoms with Crippen LogP contribution in [0.15, 0.2) is 48.9 Å². The molecule has 0 aliphatic carbocycles. The summed E-state index contributed by atoms with van der Waals surface area (Å²) in [5.74, 6) is 1.18. The third-order valence-corrected chi connectivity index (χ3v) is 4.90. The van der Waals surface area contributed by atoms with Gasteiger partial charge in [0.15, 0.2) is 5.82 Å². The summed E-state index contributed by atoms with van der Waals surface area (Å²) in [5, 5.41) is 0. The van der Waals surface area contributed by atoms with Crippen LogP contribution in [0.25, 0.3) is 22.6 Å². The summed E-state index contributed by atoms with van der Waals surface area (Å²) >= 11 is 0. The molecule has 0 saturated carbocycles. The fourth-order valence-electron chi connectivity index (χ4n) is 3.58. The number of likely N-dealkylation sites (tertiary alicyclic amines) is 1. The molecule has 5 nitrogen and oxygen atoms in total. The number of aromatic amines is 1. The van der Waals surface area contributed by atoms with Gasteiger partial charge >= 0.3 is 6.18 Å². The minimum Gasteiger partial charge on any atom is -0.341 e. The molecule has 0 radical (unpaired) electrons. The van der Waals surface area contributed by atoms with Crippen LogP contribution in [0.4, 0.5) is 13.2 Å². The monoisotopic (exact) mass is 387 g/mol. The highest BCUT2D eigenvalue weighted by molar-refractivity contribution is 5.60. The normalized spacial score (nSPS) is 18.3. The van der Waals surface area contributed by atoms with E-state index >= 15 is 0 Å². The van der Waals surface area contributed by atoms with Crippen molar-refractivity contribution >= 4 is 0 Å². The first kappa shape index (κ1) is 18.6. The molecule has 1 atom stereocenters. The Kier molecular flexibility index (Phi) is 5.13. The van der Waals surface area contributed by atoms with E-state index < -0.39 is 12.7 Å². The van der Waals surface area contributed by atoms with Gasteiger partial charge in [-0.15, -0.1) is 0 Å². The molecule has 1 saturated heterocycles. The maximum atomic E-state index is 12.9. The van der Waals surface area contributed by atoms with E-state index in [-0.39, 0.29) is 6.04 Å². The Morgan fingerprint density at radius 1 is 0.964 bits per heavy atom. The number of imidazole rings is 1. The van der Waals surface area contributed by atoms with Crippen molar-refractivity contribution in [3.63, 3.8) is 0 Å².